The number of rotatable bonds is 5. The van der Waals surface area contributed by atoms with Gasteiger partial charge in [-0.2, -0.15) is 0 Å². The van der Waals surface area contributed by atoms with Crippen LogP contribution in [0.3, 0.4) is 0 Å². The molecular formula is C18H19ClO3S. The average molecular weight is 351 g/mol. The summed E-state index contributed by atoms with van der Waals surface area (Å²) in [5.74, 6) is -0.470. The summed E-state index contributed by atoms with van der Waals surface area (Å²) in [6, 6.07) is 16.4. The molecule has 3 nitrogen and oxygen atoms in total. The molecule has 3 atom stereocenters. The third-order valence-corrected chi connectivity index (χ3v) is 6.04. The first-order chi connectivity index (χ1) is 10.8. The Morgan fingerprint density at radius 3 is 2.22 bits per heavy atom. The summed E-state index contributed by atoms with van der Waals surface area (Å²) >= 11 is 6.51. The van der Waals surface area contributed by atoms with Crippen LogP contribution in [-0.4, -0.2) is 14.9 Å². The topological polar surface area (TPSA) is 43.4 Å². The van der Waals surface area contributed by atoms with E-state index in [1.807, 2.05) is 49.4 Å². The number of ether oxygens (including phenoxy) is 1. The molecule has 0 saturated carbocycles. The molecule has 0 aliphatic carbocycles. The summed E-state index contributed by atoms with van der Waals surface area (Å²) in [4.78, 5) is 12.2. The Bertz CT molecular complexity index is 700. The van der Waals surface area contributed by atoms with Gasteiger partial charge in [0.2, 0.25) is 0 Å². The van der Waals surface area contributed by atoms with Crippen LogP contribution in [-0.2, 0) is 25.9 Å². The molecule has 0 aromatic heterocycles. The van der Waals surface area contributed by atoms with Crippen molar-refractivity contribution in [1.82, 2.24) is 0 Å². The molecule has 23 heavy (non-hydrogen) atoms. The van der Waals surface area contributed by atoms with Gasteiger partial charge in [-0.3, -0.25) is 9.00 Å². The molecule has 2 unspecified atom stereocenters. The van der Waals surface area contributed by atoms with E-state index in [-0.39, 0.29) is 0 Å². The minimum absolute atomic E-state index is 0.470. The Hall–Kier alpha value is -1.65. The molecule has 5 heteroatoms. The lowest BCUT2D eigenvalue weighted by Gasteiger charge is -2.33. The van der Waals surface area contributed by atoms with Crippen molar-refractivity contribution in [3.8, 4) is 0 Å². The van der Waals surface area contributed by atoms with E-state index >= 15 is 0 Å². The second-order valence-electron chi connectivity index (χ2n) is 5.49. The highest BCUT2D eigenvalue weighted by atomic mass is 35.5. The number of esters is 1. The molecule has 0 N–H and O–H groups in total. The van der Waals surface area contributed by atoms with Gasteiger partial charge in [0.1, 0.15) is 0 Å². The van der Waals surface area contributed by atoms with Crippen LogP contribution in [0.5, 0.6) is 0 Å². The smallest absolute Gasteiger partial charge is 0.303 e. The predicted octanol–water partition coefficient (Wildman–Crippen LogP) is 4.15. The molecule has 0 spiro atoms. The van der Waals surface area contributed by atoms with Gasteiger partial charge in [0, 0.05) is 11.8 Å². The van der Waals surface area contributed by atoms with Gasteiger partial charge in [-0.25, -0.2) is 0 Å². The average Bonchev–Trinajstić information content (AvgIpc) is 2.54. The van der Waals surface area contributed by atoms with E-state index in [0.29, 0.717) is 10.5 Å². The minimum Gasteiger partial charge on any atom is -0.452 e. The molecule has 0 aliphatic heterocycles. The van der Waals surface area contributed by atoms with E-state index < -0.39 is 27.1 Å². The van der Waals surface area contributed by atoms with E-state index in [9.17, 15) is 9.00 Å². The fraction of sp³-hybridized carbons (Fsp3) is 0.278. The van der Waals surface area contributed by atoms with Crippen molar-refractivity contribution in [2.75, 3.05) is 0 Å². The molecule has 0 radical (unpaired) electrons. The maximum atomic E-state index is 12.8. The number of carbonyl (C=O) groups excluding carboxylic acids is 1. The van der Waals surface area contributed by atoms with Gasteiger partial charge in [0.15, 0.2) is 10.3 Å². The Morgan fingerprint density at radius 1 is 1.13 bits per heavy atom. The van der Waals surface area contributed by atoms with Crippen molar-refractivity contribution in [1.29, 1.82) is 0 Å². The maximum Gasteiger partial charge on any atom is 0.303 e. The number of benzene rings is 2. The van der Waals surface area contributed by atoms with Crippen LogP contribution in [0.4, 0.5) is 0 Å². The summed E-state index contributed by atoms with van der Waals surface area (Å²) in [5, 5.41) is 0. The number of aryl methyl sites for hydroxylation is 1. The molecule has 122 valence electrons. The number of hydrogen-bond acceptors (Lipinski definition) is 3. The first-order valence-corrected chi connectivity index (χ1v) is 8.86. The van der Waals surface area contributed by atoms with Crippen LogP contribution in [0.15, 0.2) is 59.5 Å². The third kappa shape index (κ3) is 4.01. The number of carbonyl (C=O) groups is 1. The number of halogens is 1. The lowest BCUT2D eigenvalue weighted by atomic mass is 9.97. The largest absolute Gasteiger partial charge is 0.452 e. The van der Waals surface area contributed by atoms with Gasteiger partial charge in [-0.05, 0) is 31.5 Å². The molecule has 0 bridgehead atoms. The van der Waals surface area contributed by atoms with Gasteiger partial charge in [-0.1, -0.05) is 48.0 Å². The fourth-order valence-electron chi connectivity index (χ4n) is 2.30. The van der Waals surface area contributed by atoms with Crippen molar-refractivity contribution >= 4 is 28.4 Å². The molecule has 2 aromatic rings. The van der Waals surface area contributed by atoms with Crippen LogP contribution < -0.4 is 0 Å². The molecule has 0 amide bonds. The quantitative estimate of drug-likeness (QED) is 0.601. The highest BCUT2D eigenvalue weighted by Crippen LogP contribution is 2.36. The molecule has 2 aromatic carbocycles. The monoisotopic (exact) mass is 350 g/mol. The van der Waals surface area contributed by atoms with E-state index in [1.54, 1.807) is 19.1 Å². The molecule has 0 saturated heterocycles. The normalized spacial score (nSPS) is 16.2. The van der Waals surface area contributed by atoms with Crippen LogP contribution in [0.2, 0.25) is 0 Å². The SMILES string of the molecule is CC(=O)OC(C)(c1ccccc1)C(Cl)[S@](=O)c1ccc(C)cc1. The van der Waals surface area contributed by atoms with Crippen molar-refractivity contribution in [3.05, 3.63) is 65.7 Å². The van der Waals surface area contributed by atoms with Crippen LogP contribution in [0.25, 0.3) is 0 Å². The first kappa shape index (κ1) is 17.7. The summed E-state index contributed by atoms with van der Waals surface area (Å²) in [6.07, 6.45) is 0. The number of hydrogen-bond donors (Lipinski definition) is 0. The molecule has 2 rings (SSSR count). The Balaban J connectivity index is 2.40. The van der Waals surface area contributed by atoms with Crippen molar-refractivity contribution < 1.29 is 13.7 Å². The van der Waals surface area contributed by atoms with Gasteiger partial charge in [0.25, 0.3) is 0 Å². The van der Waals surface area contributed by atoms with Crippen molar-refractivity contribution in [3.63, 3.8) is 0 Å². The lowest BCUT2D eigenvalue weighted by molar-refractivity contribution is -0.155. The summed E-state index contributed by atoms with van der Waals surface area (Å²) in [6.45, 7) is 4.96. The van der Waals surface area contributed by atoms with Gasteiger partial charge >= 0.3 is 5.97 Å². The fourth-order valence-corrected chi connectivity index (χ4v) is 4.02. The Morgan fingerprint density at radius 2 is 1.70 bits per heavy atom. The van der Waals surface area contributed by atoms with Crippen molar-refractivity contribution in [2.24, 2.45) is 0 Å². The zero-order valence-corrected chi connectivity index (χ0v) is 14.9. The maximum absolute atomic E-state index is 12.8. The summed E-state index contributed by atoms with van der Waals surface area (Å²) in [5.41, 5.74) is 0.586. The van der Waals surface area contributed by atoms with E-state index in [0.717, 1.165) is 5.56 Å². The third-order valence-electron chi connectivity index (χ3n) is 3.58. The first-order valence-electron chi connectivity index (χ1n) is 7.21. The summed E-state index contributed by atoms with van der Waals surface area (Å²) < 4.78 is 17.4. The predicted molar refractivity (Wildman–Crippen MR) is 92.8 cm³/mol. The molecule has 0 heterocycles. The zero-order chi connectivity index (χ0) is 17.0. The number of alkyl halides is 1. The highest BCUT2D eigenvalue weighted by Gasteiger charge is 2.42. The second-order valence-corrected chi connectivity index (χ2v) is 7.73. The standard InChI is InChI=1S/C18H19ClO3S/c1-13-9-11-16(12-10-13)23(21)17(19)18(3,22-14(2)20)15-7-5-4-6-8-15/h4-12,17H,1-3H3/t17?,18?,23-/m1/s1. The summed E-state index contributed by atoms with van der Waals surface area (Å²) in [7, 11) is -1.53. The van der Waals surface area contributed by atoms with Crippen LogP contribution in [0.1, 0.15) is 25.0 Å². The zero-order valence-electron chi connectivity index (χ0n) is 13.3. The van der Waals surface area contributed by atoms with E-state index in [2.05, 4.69) is 0 Å². The van der Waals surface area contributed by atoms with Gasteiger partial charge in [-0.15, -0.1) is 11.6 Å². The minimum atomic E-state index is -1.53. The van der Waals surface area contributed by atoms with Gasteiger partial charge in [0.05, 0.1) is 10.8 Å². The van der Waals surface area contributed by atoms with E-state index in [4.69, 9.17) is 16.3 Å². The Labute approximate surface area is 144 Å². The van der Waals surface area contributed by atoms with Crippen molar-refractivity contribution in [2.45, 2.75) is 36.0 Å². The van der Waals surface area contributed by atoms with E-state index in [1.165, 1.54) is 6.92 Å². The highest BCUT2D eigenvalue weighted by molar-refractivity contribution is 7.87. The van der Waals surface area contributed by atoms with Crippen LogP contribution >= 0.6 is 11.6 Å². The molecular weight excluding hydrogens is 332 g/mol. The Kier molecular flexibility index (Phi) is 5.60. The van der Waals surface area contributed by atoms with Crippen LogP contribution in [0, 0.1) is 6.92 Å². The second kappa shape index (κ2) is 7.28. The molecule has 0 aliphatic rings. The molecule has 0 fully saturated rings. The van der Waals surface area contributed by atoms with Gasteiger partial charge < -0.3 is 4.74 Å². The lowest BCUT2D eigenvalue weighted by Crippen LogP contribution is -2.40.